The Kier molecular flexibility index (Phi) is 3.00. The van der Waals surface area contributed by atoms with Crippen LogP contribution in [0.15, 0.2) is 40.9 Å². The predicted octanol–water partition coefficient (Wildman–Crippen LogP) is 2.34. The summed E-state index contributed by atoms with van der Waals surface area (Å²) in [5.41, 5.74) is 1.30. The number of rotatable bonds is 3. The summed E-state index contributed by atoms with van der Waals surface area (Å²) in [7, 11) is 0. The zero-order valence-electron chi connectivity index (χ0n) is 8.84. The van der Waals surface area contributed by atoms with Crippen LogP contribution in [0.3, 0.4) is 0 Å². The summed E-state index contributed by atoms with van der Waals surface area (Å²) in [5, 5.41) is 3.70. The number of esters is 1. The molecule has 16 heavy (non-hydrogen) atoms. The minimum absolute atomic E-state index is 0.106. The Balaban J connectivity index is 1.94. The molecule has 0 aliphatic heterocycles. The molecule has 0 saturated heterocycles. The number of carbonyl (C=O) groups excluding carboxylic acids is 1. The molecule has 82 valence electrons. The average molecular weight is 217 g/mol. The van der Waals surface area contributed by atoms with Crippen LogP contribution < -0.4 is 0 Å². The van der Waals surface area contributed by atoms with Crippen LogP contribution in [0.1, 0.15) is 21.8 Å². The maximum atomic E-state index is 11.5. The van der Waals surface area contributed by atoms with Crippen LogP contribution in [-0.2, 0) is 11.3 Å². The first-order chi connectivity index (χ1) is 7.75. The first-order valence-corrected chi connectivity index (χ1v) is 4.90. The molecule has 0 atom stereocenters. The molecule has 1 heterocycles. The van der Waals surface area contributed by atoms with Gasteiger partial charge in [-0.15, -0.1) is 0 Å². The van der Waals surface area contributed by atoms with Crippen molar-refractivity contribution in [2.24, 2.45) is 0 Å². The molecule has 0 unspecified atom stereocenters. The highest BCUT2D eigenvalue weighted by Crippen LogP contribution is 2.07. The lowest BCUT2D eigenvalue weighted by Gasteiger charge is -2.01. The maximum Gasteiger partial charge on any atom is 0.338 e. The Hall–Kier alpha value is -2.10. The predicted molar refractivity (Wildman–Crippen MR) is 56.8 cm³/mol. The van der Waals surface area contributed by atoms with Gasteiger partial charge < -0.3 is 9.26 Å². The highest BCUT2D eigenvalue weighted by atomic mass is 16.5. The molecule has 1 aromatic heterocycles. The molecule has 0 amide bonds. The fourth-order valence-electron chi connectivity index (χ4n) is 1.28. The van der Waals surface area contributed by atoms with Gasteiger partial charge in [0.25, 0.3) is 0 Å². The second kappa shape index (κ2) is 4.61. The lowest BCUT2D eigenvalue weighted by molar-refractivity contribution is 0.0437. The molecule has 0 fully saturated rings. The molecule has 0 aliphatic rings. The van der Waals surface area contributed by atoms with E-state index >= 15 is 0 Å². The van der Waals surface area contributed by atoms with Crippen LogP contribution in [0, 0.1) is 6.92 Å². The first-order valence-electron chi connectivity index (χ1n) is 4.90. The Morgan fingerprint density at radius 2 is 2.12 bits per heavy atom. The second-order valence-electron chi connectivity index (χ2n) is 3.38. The minimum atomic E-state index is -0.366. The normalized spacial score (nSPS) is 10.1. The van der Waals surface area contributed by atoms with E-state index in [1.54, 1.807) is 30.3 Å². The Labute approximate surface area is 92.8 Å². The van der Waals surface area contributed by atoms with Gasteiger partial charge in [-0.2, -0.15) is 0 Å². The number of hydrogen-bond donors (Lipinski definition) is 0. The van der Waals surface area contributed by atoms with Gasteiger partial charge in [-0.3, -0.25) is 0 Å². The van der Waals surface area contributed by atoms with Crippen LogP contribution in [0.5, 0.6) is 0 Å². The van der Waals surface area contributed by atoms with E-state index in [9.17, 15) is 4.79 Å². The number of aryl methyl sites for hydroxylation is 1. The van der Waals surface area contributed by atoms with E-state index in [0.29, 0.717) is 11.3 Å². The van der Waals surface area contributed by atoms with E-state index in [0.717, 1.165) is 5.69 Å². The van der Waals surface area contributed by atoms with Crippen LogP contribution in [0.25, 0.3) is 0 Å². The van der Waals surface area contributed by atoms with Crippen molar-refractivity contribution >= 4 is 5.97 Å². The van der Waals surface area contributed by atoms with E-state index < -0.39 is 0 Å². The molecular formula is C12H11NO3. The van der Waals surface area contributed by atoms with Gasteiger partial charge in [0, 0.05) is 6.07 Å². The third-order valence-corrected chi connectivity index (χ3v) is 2.03. The van der Waals surface area contributed by atoms with Crippen molar-refractivity contribution < 1.29 is 14.1 Å². The number of carbonyl (C=O) groups is 1. The lowest BCUT2D eigenvalue weighted by Crippen LogP contribution is -2.04. The molecule has 0 radical (unpaired) electrons. The van der Waals surface area contributed by atoms with Crippen molar-refractivity contribution in [3.05, 3.63) is 53.4 Å². The summed E-state index contributed by atoms with van der Waals surface area (Å²) < 4.78 is 9.98. The lowest BCUT2D eigenvalue weighted by atomic mass is 10.2. The quantitative estimate of drug-likeness (QED) is 0.740. The third-order valence-electron chi connectivity index (χ3n) is 2.03. The summed E-state index contributed by atoms with van der Waals surface area (Å²) >= 11 is 0. The number of aromatic nitrogens is 1. The summed E-state index contributed by atoms with van der Waals surface area (Å²) in [4.78, 5) is 11.5. The zero-order chi connectivity index (χ0) is 11.4. The molecule has 0 aliphatic carbocycles. The minimum Gasteiger partial charge on any atom is -0.454 e. The number of hydrogen-bond acceptors (Lipinski definition) is 4. The van der Waals surface area contributed by atoms with Gasteiger partial charge in [-0.05, 0) is 19.1 Å². The fourth-order valence-corrected chi connectivity index (χ4v) is 1.28. The van der Waals surface area contributed by atoms with Gasteiger partial charge in [0.1, 0.15) is 0 Å². The molecule has 1 aromatic carbocycles. The van der Waals surface area contributed by atoms with Gasteiger partial charge in [0.2, 0.25) is 0 Å². The molecule has 4 heteroatoms. The van der Waals surface area contributed by atoms with Crippen molar-refractivity contribution in [2.45, 2.75) is 13.5 Å². The van der Waals surface area contributed by atoms with Crippen LogP contribution in [-0.4, -0.2) is 11.1 Å². The van der Waals surface area contributed by atoms with Gasteiger partial charge >= 0.3 is 5.97 Å². The first kappa shape index (κ1) is 10.4. The van der Waals surface area contributed by atoms with Crippen molar-refractivity contribution in [2.75, 3.05) is 0 Å². The second-order valence-corrected chi connectivity index (χ2v) is 3.38. The molecule has 2 aromatic rings. The maximum absolute atomic E-state index is 11.5. The SMILES string of the molecule is Cc1cc(COC(=O)c2ccccc2)on1. The molecule has 0 saturated carbocycles. The zero-order valence-corrected chi connectivity index (χ0v) is 8.84. The highest BCUT2D eigenvalue weighted by molar-refractivity contribution is 5.89. The summed E-state index contributed by atoms with van der Waals surface area (Å²) in [5.74, 6) is 0.177. The summed E-state index contributed by atoms with van der Waals surface area (Å²) in [6.45, 7) is 1.92. The molecule has 0 N–H and O–H groups in total. The van der Waals surface area contributed by atoms with Gasteiger partial charge in [0.05, 0.1) is 11.3 Å². The number of nitrogens with zero attached hydrogens (tertiary/aromatic N) is 1. The average Bonchev–Trinajstić information content (AvgIpc) is 2.73. The van der Waals surface area contributed by atoms with Gasteiger partial charge in [-0.25, -0.2) is 4.79 Å². The van der Waals surface area contributed by atoms with Crippen LogP contribution in [0.4, 0.5) is 0 Å². The van der Waals surface area contributed by atoms with Crippen molar-refractivity contribution in [1.29, 1.82) is 0 Å². The molecule has 0 bridgehead atoms. The third kappa shape index (κ3) is 2.48. The van der Waals surface area contributed by atoms with Gasteiger partial charge in [-0.1, -0.05) is 23.4 Å². The Morgan fingerprint density at radius 1 is 1.38 bits per heavy atom. The van der Waals surface area contributed by atoms with Crippen LogP contribution in [0.2, 0.25) is 0 Å². The monoisotopic (exact) mass is 217 g/mol. The Morgan fingerprint density at radius 3 is 2.75 bits per heavy atom. The summed E-state index contributed by atoms with van der Waals surface area (Å²) in [6, 6.07) is 10.6. The summed E-state index contributed by atoms with van der Waals surface area (Å²) in [6.07, 6.45) is 0. The van der Waals surface area contributed by atoms with E-state index in [-0.39, 0.29) is 12.6 Å². The van der Waals surface area contributed by atoms with Gasteiger partial charge in [0.15, 0.2) is 12.4 Å². The number of ether oxygens (including phenoxy) is 1. The van der Waals surface area contributed by atoms with Crippen molar-refractivity contribution in [3.63, 3.8) is 0 Å². The standard InChI is InChI=1S/C12H11NO3/c1-9-7-11(16-13-9)8-15-12(14)10-5-3-2-4-6-10/h2-7H,8H2,1H3. The van der Waals surface area contributed by atoms with Crippen LogP contribution >= 0.6 is 0 Å². The largest absolute Gasteiger partial charge is 0.454 e. The number of benzene rings is 1. The highest BCUT2D eigenvalue weighted by Gasteiger charge is 2.08. The van der Waals surface area contributed by atoms with E-state index in [2.05, 4.69) is 5.16 Å². The Bertz CT molecular complexity index is 476. The molecule has 4 nitrogen and oxygen atoms in total. The molecule has 2 rings (SSSR count). The fraction of sp³-hybridized carbons (Fsp3) is 0.167. The van der Waals surface area contributed by atoms with E-state index in [1.807, 2.05) is 13.0 Å². The molecular weight excluding hydrogens is 206 g/mol. The van der Waals surface area contributed by atoms with E-state index in [4.69, 9.17) is 9.26 Å². The van der Waals surface area contributed by atoms with E-state index in [1.165, 1.54) is 0 Å². The topological polar surface area (TPSA) is 52.3 Å². The van der Waals surface area contributed by atoms with Crippen molar-refractivity contribution in [1.82, 2.24) is 5.16 Å². The van der Waals surface area contributed by atoms with Crippen molar-refractivity contribution in [3.8, 4) is 0 Å². The molecule has 0 spiro atoms. The smallest absolute Gasteiger partial charge is 0.338 e.